The summed E-state index contributed by atoms with van der Waals surface area (Å²) in [6.45, 7) is 2.91. The van der Waals surface area contributed by atoms with E-state index in [4.69, 9.17) is 0 Å². The summed E-state index contributed by atoms with van der Waals surface area (Å²) < 4.78 is 23.3. The van der Waals surface area contributed by atoms with Gasteiger partial charge in [-0.05, 0) is 6.42 Å². The highest BCUT2D eigenvalue weighted by Crippen LogP contribution is 1.86. The summed E-state index contributed by atoms with van der Waals surface area (Å²) in [6.07, 6.45) is 0.516. The molecule has 0 aliphatic carbocycles. The Balaban J connectivity index is 4.02. The maximum atomic E-state index is 10.7. The summed E-state index contributed by atoms with van der Waals surface area (Å²) >= 11 is 0. The van der Waals surface area contributed by atoms with Gasteiger partial charge in [-0.2, -0.15) is 0 Å². The van der Waals surface area contributed by atoms with Crippen molar-refractivity contribution in [3.63, 3.8) is 0 Å². The number of hydrogen-bond acceptors (Lipinski definition) is 3. The number of nitrogens with one attached hydrogen (secondary N) is 1. The molecule has 0 bridgehead atoms. The number of carbonyl (C=O) groups is 1. The number of carbonyl (C=O) groups excluding carboxylic acids is 1. The van der Waals surface area contributed by atoms with Crippen LogP contribution in [0.4, 0.5) is 0 Å². The zero-order chi connectivity index (χ0) is 8.20. The van der Waals surface area contributed by atoms with Gasteiger partial charge in [0.2, 0.25) is 15.9 Å². The van der Waals surface area contributed by atoms with Gasteiger partial charge < -0.3 is 0 Å². The Labute approximate surface area is 60.7 Å². The van der Waals surface area contributed by atoms with Crippen LogP contribution in [0.3, 0.4) is 0 Å². The van der Waals surface area contributed by atoms with Crippen LogP contribution in [0.15, 0.2) is 0 Å². The predicted octanol–water partition coefficient (Wildman–Crippen LogP) is -0.138. The van der Waals surface area contributed by atoms with Crippen molar-refractivity contribution in [2.75, 3.05) is 5.75 Å². The Morgan fingerprint density at radius 3 is 2.30 bits per heavy atom. The Bertz CT molecular complexity index is 207. The van der Waals surface area contributed by atoms with Crippen LogP contribution in [-0.2, 0) is 14.8 Å². The molecule has 0 saturated heterocycles. The Kier molecular flexibility index (Phi) is 3.35. The van der Waals surface area contributed by atoms with E-state index in [1.54, 1.807) is 6.92 Å². The van der Waals surface area contributed by atoms with Crippen molar-refractivity contribution in [1.82, 2.24) is 4.72 Å². The van der Waals surface area contributed by atoms with E-state index < -0.39 is 15.9 Å². The number of sulfonamides is 1. The summed E-state index contributed by atoms with van der Waals surface area (Å²) in [5.41, 5.74) is 0. The van der Waals surface area contributed by atoms with E-state index in [0.29, 0.717) is 6.42 Å². The summed E-state index contributed by atoms with van der Waals surface area (Å²) in [5.74, 6) is -0.527. The highest BCUT2D eigenvalue weighted by Gasteiger charge is 2.08. The van der Waals surface area contributed by atoms with Gasteiger partial charge >= 0.3 is 0 Å². The van der Waals surface area contributed by atoms with Crippen LogP contribution in [0.5, 0.6) is 0 Å². The Morgan fingerprint density at radius 2 is 2.00 bits per heavy atom. The first-order chi connectivity index (χ1) is 4.48. The van der Waals surface area contributed by atoms with Gasteiger partial charge in [-0.15, -0.1) is 0 Å². The second kappa shape index (κ2) is 3.55. The van der Waals surface area contributed by atoms with Gasteiger partial charge in [0.25, 0.3) is 0 Å². The number of hydrogen-bond donors (Lipinski definition) is 1. The van der Waals surface area contributed by atoms with E-state index in [1.165, 1.54) is 6.92 Å². The molecule has 0 aliphatic heterocycles. The monoisotopic (exact) mass is 165 g/mol. The maximum absolute atomic E-state index is 10.7. The molecule has 0 radical (unpaired) electrons. The minimum Gasteiger partial charge on any atom is -0.274 e. The molecule has 0 heterocycles. The largest absolute Gasteiger partial charge is 0.274 e. The standard InChI is InChI=1S/C5H11NO3S/c1-3-4-10(8,9)6-5(2)7/h3-4H2,1-2H3,(H,6,7). The van der Waals surface area contributed by atoms with Crippen LogP contribution in [0.25, 0.3) is 0 Å². The van der Waals surface area contributed by atoms with Gasteiger partial charge in [-0.3, -0.25) is 9.52 Å². The molecule has 0 aromatic rings. The molecule has 0 aromatic heterocycles. The molecule has 0 unspecified atom stereocenters. The first kappa shape index (κ1) is 9.42. The van der Waals surface area contributed by atoms with Crippen molar-refractivity contribution in [3.05, 3.63) is 0 Å². The third kappa shape index (κ3) is 4.31. The average molecular weight is 165 g/mol. The number of amides is 1. The van der Waals surface area contributed by atoms with Crippen LogP contribution in [0.2, 0.25) is 0 Å². The first-order valence-corrected chi connectivity index (χ1v) is 4.64. The van der Waals surface area contributed by atoms with Gasteiger partial charge in [0.05, 0.1) is 5.75 Å². The fourth-order valence-corrected chi connectivity index (χ4v) is 1.62. The van der Waals surface area contributed by atoms with Crippen LogP contribution < -0.4 is 4.72 Å². The fourth-order valence-electron chi connectivity index (χ4n) is 0.539. The quantitative estimate of drug-likeness (QED) is 0.633. The van der Waals surface area contributed by atoms with E-state index >= 15 is 0 Å². The molecule has 60 valence electrons. The molecular weight excluding hydrogens is 154 g/mol. The highest BCUT2D eigenvalue weighted by molar-refractivity contribution is 7.90. The molecule has 0 spiro atoms. The molecule has 10 heavy (non-hydrogen) atoms. The van der Waals surface area contributed by atoms with Crippen LogP contribution >= 0.6 is 0 Å². The van der Waals surface area contributed by atoms with E-state index in [2.05, 4.69) is 0 Å². The summed E-state index contributed by atoms with van der Waals surface area (Å²) in [7, 11) is -3.33. The molecule has 0 atom stereocenters. The second-order valence-electron chi connectivity index (χ2n) is 1.98. The third-order valence-electron chi connectivity index (χ3n) is 0.772. The van der Waals surface area contributed by atoms with Crippen molar-refractivity contribution >= 4 is 15.9 Å². The molecule has 5 heteroatoms. The SMILES string of the molecule is CCCS(=O)(=O)NC(C)=O. The van der Waals surface area contributed by atoms with Gasteiger partial charge in [0.15, 0.2) is 0 Å². The molecule has 0 fully saturated rings. The first-order valence-electron chi connectivity index (χ1n) is 2.99. The van der Waals surface area contributed by atoms with Crippen LogP contribution in [0.1, 0.15) is 20.3 Å². The van der Waals surface area contributed by atoms with E-state index in [-0.39, 0.29) is 5.75 Å². The topological polar surface area (TPSA) is 63.2 Å². The highest BCUT2D eigenvalue weighted by atomic mass is 32.2. The molecule has 0 aromatic carbocycles. The molecule has 0 rings (SSSR count). The normalized spacial score (nSPS) is 11.0. The van der Waals surface area contributed by atoms with Gasteiger partial charge in [-0.1, -0.05) is 6.92 Å². The Hall–Kier alpha value is -0.580. The van der Waals surface area contributed by atoms with Crippen molar-refractivity contribution in [2.24, 2.45) is 0 Å². The molecule has 1 N–H and O–H groups in total. The van der Waals surface area contributed by atoms with Crippen LogP contribution in [0, 0.1) is 0 Å². The van der Waals surface area contributed by atoms with Crippen molar-refractivity contribution in [1.29, 1.82) is 0 Å². The summed E-state index contributed by atoms with van der Waals surface area (Å²) in [6, 6.07) is 0. The van der Waals surface area contributed by atoms with Gasteiger partial charge in [0.1, 0.15) is 0 Å². The van der Waals surface area contributed by atoms with Crippen LogP contribution in [-0.4, -0.2) is 20.1 Å². The predicted molar refractivity (Wildman–Crippen MR) is 37.9 cm³/mol. The zero-order valence-electron chi connectivity index (χ0n) is 6.05. The zero-order valence-corrected chi connectivity index (χ0v) is 6.86. The minimum atomic E-state index is -3.33. The molecule has 0 aliphatic rings. The lowest BCUT2D eigenvalue weighted by atomic mass is 10.6. The van der Waals surface area contributed by atoms with Crippen molar-refractivity contribution < 1.29 is 13.2 Å². The fraction of sp³-hybridized carbons (Fsp3) is 0.800. The Morgan fingerprint density at radius 1 is 1.50 bits per heavy atom. The molecule has 0 saturated carbocycles. The lowest BCUT2D eigenvalue weighted by molar-refractivity contribution is -0.117. The van der Waals surface area contributed by atoms with Gasteiger partial charge in [0, 0.05) is 6.92 Å². The van der Waals surface area contributed by atoms with Gasteiger partial charge in [-0.25, -0.2) is 8.42 Å². The molecule has 1 amide bonds. The average Bonchev–Trinajstić information content (AvgIpc) is 1.59. The second-order valence-corrected chi connectivity index (χ2v) is 3.82. The minimum absolute atomic E-state index is 0.00653. The van der Waals surface area contributed by atoms with E-state index in [9.17, 15) is 13.2 Å². The smallest absolute Gasteiger partial charge is 0.234 e. The lowest BCUT2D eigenvalue weighted by Crippen LogP contribution is -2.30. The third-order valence-corrected chi connectivity index (χ3v) is 2.32. The molecule has 4 nitrogen and oxygen atoms in total. The van der Waals surface area contributed by atoms with E-state index in [0.717, 1.165) is 0 Å². The molecular formula is C5H11NO3S. The van der Waals surface area contributed by atoms with Crippen molar-refractivity contribution in [2.45, 2.75) is 20.3 Å². The summed E-state index contributed by atoms with van der Waals surface area (Å²) in [4.78, 5) is 10.2. The summed E-state index contributed by atoms with van der Waals surface area (Å²) in [5, 5.41) is 0. The van der Waals surface area contributed by atoms with E-state index in [1.807, 2.05) is 4.72 Å². The number of rotatable bonds is 3. The maximum Gasteiger partial charge on any atom is 0.234 e. The lowest BCUT2D eigenvalue weighted by Gasteiger charge is -2.00. The van der Waals surface area contributed by atoms with Crippen molar-refractivity contribution in [3.8, 4) is 0 Å².